The van der Waals surface area contributed by atoms with Crippen molar-refractivity contribution in [3.05, 3.63) is 28.3 Å². The Balaban J connectivity index is 2.59. The molecule has 0 aliphatic rings. The first-order valence-corrected chi connectivity index (χ1v) is 5.02. The number of carbonyl (C=O) groups is 1. The van der Waals surface area contributed by atoms with E-state index in [0.717, 1.165) is 0 Å². The zero-order valence-corrected chi connectivity index (χ0v) is 9.40. The van der Waals surface area contributed by atoms with Gasteiger partial charge in [0.25, 0.3) is 5.69 Å². The van der Waals surface area contributed by atoms with Crippen molar-refractivity contribution in [2.24, 2.45) is 0 Å². The van der Waals surface area contributed by atoms with E-state index in [1.54, 1.807) is 6.07 Å². The number of nitrogens with zero attached hydrogens (tertiary/aromatic N) is 1. The summed E-state index contributed by atoms with van der Waals surface area (Å²) in [5, 5.41) is 16.1. The third-order valence-electron chi connectivity index (χ3n) is 1.98. The Morgan fingerprint density at radius 2 is 2.12 bits per heavy atom. The van der Waals surface area contributed by atoms with Crippen LogP contribution in [0.2, 0.25) is 0 Å². The molecule has 0 aliphatic heterocycles. The molecule has 0 bridgehead atoms. The third-order valence-corrected chi connectivity index (χ3v) is 1.98. The minimum atomic E-state index is -0.505. The van der Waals surface area contributed by atoms with Crippen molar-refractivity contribution in [2.45, 2.75) is 6.92 Å². The molecule has 0 saturated heterocycles. The average Bonchev–Trinajstić information content (AvgIpc) is 2.23. The fourth-order valence-electron chi connectivity index (χ4n) is 1.29. The molecule has 0 aliphatic carbocycles. The summed E-state index contributed by atoms with van der Waals surface area (Å²) in [6.07, 6.45) is 0. The van der Waals surface area contributed by atoms with E-state index in [9.17, 15) is 14.9 Å². The van der Waals surface area contributed by atoms with E-state index in [2.05, 4.69) is 10.6 Å². The Morgan fingerprint density at radius 3 is 2.71 bits per heavy atom. The number of anilines is 2. The van der Waals surface area contributed by atoms with Crippen LogP contribution in [0, 0.1) is 10.1 Å². The minimum Gasteiger partial charge on any atom is -0.398 e. The number of nitro groups is 1. The van der Waals surface area contributed by atoms with Crippen molar-refractivity contribution in [3.63, 3.8) is 0 Å². The highest BCUT2D eigenvalue weighted by atomic mass is 16.6. The van der Waals surface area contributed by atoms with Crippen molar-refractivity contribution < 1.29 is 9.72 Å². The third kappa shape index (κ3) is 4.37. The number of carbonyl (C=O) groups excluding carboxylic acids is 1. The van der Waals surface area contributed by atoms with Crippen LogP contribution in [-0.2, 0) is 4.79 Å². The van der Waals surface area contributed by atoms with E-state index in [1.165, 1.54) is 19.1 Å². The lowest BCUT2D eigenvalue weighted by atomic mass is 10.2. The Bertz CT molecular complexity index is 434. The average molecular weight is 238 g/mol. The molecule has 1 amide bonds. The van der Waals surface area contributed by atoms with Gasteiger partial charge < -0.3 is 16.4 Å². The maximum Gasteiger partial charge on any atom is 0.273 e. The second-order valence-electron chi connectivity index (χ2n) is 3.48. The van der Waals surface area contributed by atoms with Crippen LogP contribution in [0.25, 0.3) is 0 Å². The molecular weight excluding hydrogens is 224 g/mol. The zero-order chi connectivity index (χ0) is 12.8. The zero-order valence-electron chi connectivity index (χ0n) is 9.40. The second-order valence-corrected chi connectivity index (χ2v) is 3.48. The van der Waals surface area contributed by atoms with Gasteiger partial charge in [-0.2, -0.15) is 0 Å². The number of nitrogens with two attached hydrogens (primary N) is 1. The van der Waals surface area contributed by atoms with Crippen LogP contribution in [-0.4, -0.2) is 23.9 Å². The summed E-state index contributed by atoms with van der Waals surface area (Å²) < 4.78 is 0. The van der Waals surface area contributed by atoms with Gasteiger partial charge in [-0.25, -0.2) is 0 Å². The van der Waals surface area contributed by atoms with Gasteiger partial charge in [-0.3, -0.25) is 14.9 Å². The van der Waals surface area contributed by atoms with Gasteiger partial charge in [-0.05, 0) is 6.07 Å². The van der Waals surface area contributed by atoms with Gasteiger partial charge >= 0.3 is 0 Å². The highest BCUT2D eigenvalue weighted by Gasteiger charge is 2.07. The summed E-state index contributed by atoms with van der Waals surface area (Å²) >= 11 is 0. The van der Waals surface area contributed by atoms with Crippen LogP contribution < -0.4 is 16.4 Å². The molecular formula is C10H14N4O3. The SMILES string of the molecule is CC(=O)NCCNc1cc(N)cc([N+](=O)[O-])c1. The summed E-state index contributed by atoms with van der Waals surface area (Å²) in [7, 11) is 0. The monoisotopic (exact) mass is 238 g/mol. The van der Waals surface area contributed by atoms with Gasteiger partial charge in [0.15, 0.2) is 0 Å². The molecule has 1 aromatic rings. The Morgan fingerprint density at radius 1 is 1.41 bits per heavy atom. The van der Waals surface area contributed by atoms with Crippen LogP contribution >= 0.6 is 0 Å². The predicted octanol–water partition coefficient (Wildman–Crippen LogP) is 0.725. The minimum absolute atomic E-state index is 0.0629. The fraction of sp³-hybridized carbons (Fsp3) is 0.300. The lowest BCUT2D eigenvalue weighted by Gasteiger charge is -2.07. The van der Waals surface area contributed by atoms with Gasteiger partial charge in [0, 0.05) is 43.5 Å². The molecule has 0 spiro atoms. The highest BCUT2D eigenvalue weighted by Crippen LogP contribution is 2.21. The Kier molecular flexibility index (Phi) is 4.27. The lowest BCUT2D eigenvalue weighted by Crippen LogP contribution is -2.26. The van der Waals surface area contributed by atoms with Crippen LogP contribution in [0.5, 0.6) is 0 Å². The number of hydrogen-bond donors (Lipinski definition) is 3. The number of rotatable bonds is 5. The Labute approximate surface area is 98.1 Å². The van der Waals surface area contributed by atoms with E-state index < -0.39 is 4.92 Å². The molecule has 0 radical (unpaired) electrons. The largest absolute Gasteiger partial charge is 0.398 e. The van der Waals surface area contributed by atoms with Crippen LogP contribution in [0.3, 0.4) is 0 Å². The van der Waals surface area contributed by atoms with E-state index in [0.29, 0.717) is 24.5 Å². The van der Waals surface area contributed by atoms with Crippen LogP contribution in [0.1, 0.15) is 6.92 Å². The summed E-state index contributed by atoms with van der Waals surface area (Å²) in [6, 6.07) is 4.28. The van der Waals surface area contributed by atoms with Gasteiger partial charge in [-0.15, -0.1) is 0 Å². The van der Waals surface area contributed by atoms with Crippen LogP contribution in [0.4, 0.5) is 17.1 Å². The van der Waals surface area contributed by atoms with Gasteiger partial charge in [0.1, 0.15) is 0 Å². The molecule has 17 heavy (non-hydrogen) atoms. The van der Waals surface area contributed by atoms with Crippen molar-refractivity contribution in [1.29, 1.82) is 0 Å². The predicted molar refractivity (Wildman–Crippen MR) is 64.7 cm³/mol. The molecule has 0 atom stereocenters. The maximum atomic E-state index is 10.6. The quantitative estimate of drug-likeness (QED) is 0.303. The topological polar surface area (TPSA) is 110 Å². The van der Waals surface area contributed by atoms with Crippen LogP contribution in [0.15, 0.2) is 18.2 Å². The number of amides is 1. The second kappa shape index (κ2) is 5.69. The molecule has 7 heteroatoms. The number of benzene rings is 1. The molecule has 0 saturated carbocycles. The Hall–Kier alpha value is -2.31. The molecule has 0 unspecified atom stereocenters. The molecule has 0 aromatic heterocycles. The smallest absolute Gasteiger partial charge is 0.273 e. The van der Waals surface area contributed by atoms with Crippen molar-refractivity contribution in [3.8, 4) is 0 Å². The summed E-state index contributed by atoms with van der Waals surface area (Å²) in [5.74, 6) is -0.120. The molecule has 4 N–H and O–H groups in total. The summed E-state index contributed by atoms with van der Waals surface area (Å²) in [4.78, 5) is 20.7. The molecule has 0 heterocycles. The van der Waals surface area contributed by atoms with Gasteiger partial charge in [-0.1, -0.05) is 0 Å². The number of nitro benzene ring substituents is 1. The van der Waals surface area contributed by atoms with Gasteiger partial charge in [0.2, 0.25) is 5.91 Å². The molecule has 7 nitrogen and oxygen atoms in total. The van der Waals surface area contributed by atoms with E-state index in [4.69, 9.17) is 5.73 Å². The molecule has 92 valence electrons. The maximum absolute atomic E-state index is 10.6. The first-order valence-electron chi connectivity index (χ1n) is 5.02. The van der Waals surface area contributed by atoms with E-state index >= 15 is 0 Å². The van der Waals surface area contributed by atoms with Crippen molar-refractivity contribution >= 4 is 23.0 Å². The number of nitrogens with one attached hydrogen (secondary N) is 2. The standard InChI is InChI=1S/C10H14N4O3/c1-7(15)12-2-3-13-9-4-8(11)5-10(6-9)14(16)17/h4-6,13H,2-3,11H2,1H3,(H,12,15). The highest BCUT2D eigenvalue weighted by molar-refractivity contribution is 5.72. The van der Waals surface area contributed by atoms with Gasteiger partial charge in [0.05, 0.1) is 4.92 Å². The molecule has 0 fully saturated rings. The summed E-state index contributed by atoms with van der Waals surface area (Å²) in [5.41, 5.74) is 6.35. The van der Waals surface area contributed by atoms with E-state index in [-0.39, 0.29) is 11.6 Å². The number of non-ortho nitro benzene ring substituents is 1. The molecule has 1 rings (SSSR count). The number of nitrogen functional groups attached to an aromatic ring is 1. The number of hydrogen-bond acceptors (Lipinski definition) is 5. The molecule has 1 aromatic carbocycles. The van der Waals surface area contributed by atoms with Crippen molar-refractivity contribution in [1.82, 2.24) is 5.32 Å². The van der Waals surface area contributed by atoms with Crippen molar-refractivity contribution in [2.75, 3.05) is 24.1 Å². The first-order chi connectivity index (χ1) is 7.99. The first kappa shape index (κ1) is 12.8. The normalized spacial score (nSPS) is 9.71. The summed E-state index contributed by atoms with van der Waals surface area (Å²) in [6.45, 7) is 2.34. The van der Waals surface area contributed by atoms with E-state index in [1.807, 2.05) is 0 Å². The lowest BCUT2D eigenvalue weighted by molar-refractivity contribution is -0.384. The fourth-order valence-corrected chi connectivity index (χ4v) is 1.29.